The van der Waals surface area contributed by atoms with Crippen LogP contribution in [0.15, 0.2) is 0 Å². The minimum Gasteiger partial charge on any atom is -0.463 e. The van der Waals surface area contributed by atoms with Gasteiger partial charge in [-0.1, -0.05) is 355 Å². The molecule has 0 bridgehead atoms. The van der Waals surface area contributed by atoms with Gasteiger partial charge in [0.25, 0.3) is 0 Å². The summed E-state index contributed by atoms with van der Waals surface area (Å²) in [5, 5.41) is 102. The van der Waals surface area contributed by atoms with E-state index in [1.54, 1.807) is 0 Å². The summed E-state index contributed by atoms with van der Waals surface area (Å²) in [7, 11) is -5.80. The Bertz CT molecular complexity index is 2380. The second-order valence-corrected chi connectivity index (χ2v) is 34.6. The van der Waals surface area contributed by atoms with Crippen LogP contribution in [0.5, 0.6) is 0 Å². The molecule has 114 heavy (non-hydrogen) atoms. The number of aliphatic hydroxyl groups excluding tert-OH is 9. The molecule has 10 N–H and O–H groups in total. The van der Waals surface area contributed by atoms with Crippen LogP contribution in [0.2, 0.25) is 0 Å². The van der Waals surface area contributed by atoms with Gasteiger partial charge in [-0.2, -0.15) is 0 Å². The van der Waals surface area contributed by atoms with Crippen LogP contribution in [0.25, 0.3) is 0 Å². The summed E-state index contributed by atoms with van der Waals surface area (Å²) in [5.41, 5.74) is 0. The molecule has 0 aromatic rings. The first-order chi connectivity index (χ1) is 55.2. The van der Waals surface area contributed by atoms with E-state index >= 15 is 0 Å². The average Bonchev–Trinajstić information content (AvgIpc) is 0.754. The zero-order valence-electron chi connectivity index (χ0n) is 71.4. The van der Waals surface area contributed by atoms with E-state index < -0.39 is 162 Å². The molecule has 0 aromatic heterocycles. The van der Waals surface area contributed by atoms with Crippen molar-refractivity contribution in [2.75, 3.05) is 26.4 Å². The Hall–Kier alpha value is -2.53. The van der Waals surface area contributed by atoms with Gasteiger partial charge >= 0.3 is 31.7 Å². The fraction of sp³-hybridized carbons (Fsp3) is 0.955. The molecule has 1 aliphatic carbocycles. The van der Waals surface area contributed by atoms with E-state index in [9.17, 15) is 74.6 Å². The van der Waals surface area contributed by atoms with Gasteiger partial charge in [0.2, 0.25) is 0 Å². The lowest BCUT2D eigenvalue weighted by molar-refractivity contribution is -0.360. The van der Waals surface area contributed by atoms with Crippen LogP contribution in [0.1, 0.15) is 407 Å². The predicted molar refractivity (Wildman–Crippen MR) is 440 cm³/mol. The van der Waals surface area contributed by atoms with E-state index in [2.05, 4.69) is 27.7 Å². The highest BCUT2D eigenvalue weighted by Crippen LogP contribution is 2.49. The number of aliphatic hydroxyl groups is 9. The van der Waals surface area contributed by atoms with Crippen LogP contribution in [0.4, 0.5) is 0 Å². The largest absolute Gasteiger partial charge is 0.472 e. The smallest absolute Gasteiger partial charge is 0.463 e. The molecule has 1 saturated carbocycles. The molecule has 672 valence electrons. The van der Waals surface area contributed by atoms with Crippen molar-refractivity contribution in [2.24, 2.45) is 0 Å². The van der Waals surface area contributed by atoms with Crippen LogP contribution in [-0.2, 0) is 70.7 Å². The molecule has 18 unspecified atom stereocenters. The Morgan fingerprint density at radius 3 is 0.956 bits per heavy atom. The third-order valence-corrected chi connectivity index (χ3v) is 23.8. The highest BCUT2D eigenvalue weighted by Gasteiger charge is 2.60. The highest BCUT2D eigenvalue weighted by atomic mass is 31.2. The Labute approximate surface area is 687 Å². The summed E-state index contributed by atoms with van der Waals surface area (Å²) in [6.07, 6.45) is 23.9. The molecule has 3 rings (SSSR count). The van der Waals surface area contributed by atoms with Crippen LogP contribution >= 0.6 is 7.82 Å². The molecule has 3 aliphatic rings. The Kier molecular flexibility index (Phi) is 63.1. The molecular weight excluding hydrogens is 1490 g/mol. The molecule has 0 amide bonds. The summed E-state index contributed by atoms with van der Waals surface area (Å²) in [4.78, 5) is 66.3. The zero-order chi connectivity index (χ0) is 83.2. The minimum absolute atomic E-state index is 0.0198. The van der Waals surface area contributed by atoms with Gasteiger partial charge in [0.05, 0.1) is 13.2 Å². The number of ether oxygens (including phenoxy) is 8. The van der Waals surface area contributed by atoms with Crippen molar-refractivity contribution in [3.05, 3.63) is 0 Å². The fourth-order valence-corrected chi connectivity index (χ4v) is 16.5. The molecule has 3 fully saturated rings. The van der Waals surface area contributed by atoms with E-state index in [1.165, 1.54) is 193 Å². The normalized spacial score (nSPS) is 25.3. The molecule has 2 saturated heterocycles. The fourth-order valence-electron chi connectivity index (χ4n) is 15.5. The number of rotatable bonds is 75. The van der Waals surface area contributed by atoms with Crippen molar-refractivity contribution in [1.29, 1.82) is 0 Å². The number of phosphoric acid groups is 1. The number of unbranched alkanes of at least 4 members (excludes halogenated alkanes) is 51. The van der Waals surface area contributed by atoms with E-state index in [1.807, 2.05) is 0 Å². The van der Waals surface area contributed by atoms with Crippen molar-refractivity contribution >= 4 is 31.7 Å². The lowest BCUT2D eigenvalue weighted by Gasteiger charge is -2.50. The Morgan fingerprint density at radius 2 is 0.605 bits per heavy atom. The van der Waals surface area contributed by atoms with E-state index in [4.69, 9.17) is 46.9 Å². The first-order valence-electron chi connectivity index (χ1n) is 46.3. The SMILES string of the molecule is CCCCCCCCCCCCCCCCCCC(=O)OC(COC(=O)CCCCCCCCCCCCCCC)COP(=O)(O)OC1C(OC2OC(CO)C(O)C(O)C2O)C(O)C(O)C(OC(=O)CCCCCCCCCCCCCCC)C1OC1OC(COC(=O)CCCCCCCCCCCCCCC)C(O)C(O)C1O. The van der Waals surface area contributed by atoms with Crippen LogP contribution in [0, 0.1) is 0 Å². The predicted octanol–water partition coefficient (Wildman–Crippen LogP) is 16.6. The molecular formula is C88H165O25P. The van der Waals surface area contributed by atoms with Crippen molar-refractivity contribution < 1.29 is 122 Å². The highest BCUT2D eigenvalue weighted by molar-refractivity contribution is 7.47. The first-order valence-corrected chi connectivity index (χ1v) is 47.8. The molecule has 0 aromatic carbocycles. The van der Waals surface area contributed by atoms with Gasteiger partial charge < -0.3 is 88.7 Å². The molecule has 25 nitrogen and oxygen atoms in total. The second kappa shape index (κ2) is 68.1. The molecule has 18 atom stereocenters. The van der Waals surface area contributed by atoms with E-state index in [-0.39, 0.29) is 25.7 Å². The van der Waals surface area contributed by atoms with Gasteiger partial charge in [0.15, 0.2) is 24.8 Å². The maximum Gasteiger partial charge on any atom is 0.472 e. The monoisotopic (exact) mass is 1650 g/mol. The van der Waals surface area contributed by atoms with Crippen molar-refractivity contribution in [3.8, 4) is 0 Å². The topological polar surface area (TPSA) is 380 Å². The lowest BCUT2D eigenvalue weighted by atomic mass is 9.84. The molecule has 26 heteroatoms. The Balaban J connectivity index is 1.92. The second-order valence-electron chi connectivity index (χ2n) is 33.2. The van der Waals surface area contributed by atoms with E-state index in [0.29, 0.717) is 32.1 Å². The number of phosphoric ester groups is 1. The summed E-state index contributed by atoms with van der Waals surface area (Å²) < 4.78 is 73.4. The van der Waals surface area contributed by atoms with Crippen LogP contribution in [-0.4, -0.2) is 205 Å². The van der Waals surface area contributed by atoms with Gasteiger partial charge in [-0.05, 0) is 25.7 Å². The number of hydrogen-bond donors (Lipinski definition) is 10. The summed E-state index contributed by atoms with van der Waals surface area (Å²) in [6.45, 7) is 5.61. The quantitative estimate of drug-likeness (QED) is 0.0117. The molecule has 0 spiro atoms. The Morgan fingerprint density at radius 1 is 0.316 bits per heavy atom. The van der Waals surface area contributed by atoms with Gasteiger partial charge in [-0.15, -0.1) is 0 Å². The minimum atomic E-state index is -5.80. The van der Waals surface area contributed by atoms with Crippen LogP contribution < -0.4 is 0 Å². The third-order valence-electron chi connectivity index (χ3n) is 22.9. The number of esters is 4. The van der Waals surface area contributed by atoms with Gasteiger partial charge in [-0.25, -0.2) is 4.57 Å². The first kappa shape index (κ1) is 106. The molecule has 2 heterocycles. The van der Waals surface area contributed by atoms with Crippen molar-refractivity contribution in [2.45, 2.75) is 511 Å². The van der Waals surface area contributed by atoms with Crippen molar-refractivity contribution in [3.63, 3.8) is 0 Å². The van der Waals surface area contributed by atoms with E-state index in [0.717, 1.165) is 128 Å². The number of hydrogen-bond acceptors (Lipinski definition) is 24. The number of carbonyl (C=O) groups is 4. The maximum absolute atomic E-state index is 14.9. The molecule has 2 aliphatic heterocycles. The lowest BCUT2D eigenvalue weighted by Crippen LogP contribution is -2.70. The zero-order valence-corrected chi connectivity index (χ0v) is 72.3. The van der Waals surface area contributed by atoms with Gasteiger partial charge in [0, 0.05) is 25.7 Å². The summed E-state index contributed by atoms with van der Waals surface area (Å²) >= 11 is 0. The van der Waals surface area contributed by atoms with Crippen LogP contribution in [0.3, 0.4) is 0 Å². The van der Waals surface area contributed by atoms with Gasteiger partial charge in [0.1, 0.15) is 92.6 Å². The standard InChI is InChI=1S/C88H165O25P/c1-5-9-13-17-21-25-29-33-34-35-39-43-46-50-54-58-62-73(92)107-68(65-104-71(90)60-56-52-48-44-40-36-30-26-22-18-14-10-6-2)66-106-114(102,103)113-86-84(111-87-81(100)77(96)75(94)69(64-89)108-87)80(99)79(98)83(110-74(93)63-59-55-51-47-42-38-32-28-24-20-16-12-8-4)85(86)112-88-82(101)78(97)76(95)70(109-88)67-105-72(91)61-57-53-49-45-41-37-31-27-23-19-15-11-7-3/h68-70,75-89,94-101H,5-67H2,1-4H3,(H,102,103). The number of carbonyl (C=O) groups excluding carboxylic acids is 4. The molecule has 0 radical (unpaired) electrons. The van der Waals surface area contributed by atoms with Gasteiger partial charge in [-0.3, -0.25) is 28.2 Å². The summed E-state index contributed by atoms with van der Waals surface area (Å²) in [5.74, 6) is -2.94. The van der Waals surface area contributed by atoms with Crippen molar-refractivity contribution in [1.82, 2.24) is 0 Å². The average molecular weight is 1650 g/mol. The third kappa shape index (κ3) is 48.2. The summed E-state index contributed by atoms with van der Waals surface area (Å²) in [6, 6.07) is 0. The maximum atomic E-state index is 14.9.